The molecule has 1 aromatic carbocycles. The largest absolute Gasteiger partial charge is 0.384 e. The molecular weight excluding hydrogens is 312 g/mol. The van der Waals surface area contributed by atoms with Crippen molar-refractivity contribution >= 4 is 27.3 Å². The van der Waals surface area contributed by atoms with Crippen LogP contribution in [0.25, 0.3) is 0 Å². The van der Waals surface area contributed by atoms with Crippen LogP contribution in [0.4, 0.5) is 11.4 Å². The molecule has 0 aliphatic carbocycles. The van der Waals surface area contributed by atoms with Crippen molar-refractivity contribution in [2.45, 2.75) is 13.3 Å². The Labute approximate surface area is 118 Å². The van der Waals surface area contributed by atoms with Gasteiger partial charge in [-0.05, 0) is 28.9 Å². The van der Waals surface area contributed by atoms with Gasteiger partial charge in [0.15, 0.2) is 0 Å². The van der Waals surface area contributed by atoms with E-state index >= 15 is 0 Å². The third-order valence-electron chi connectivity index (χ3n) is 2.75. The first-order valence-corrected chi connectivity index (χ1v) is 6.53. The van der Waals surface area contributed by atoms with Gasteiger partial charge in [0, 0.05) is 46.6 Å². The van der Waals surface area contributed by atoms with Gasteiger partial charge in [0.05, 0.1) is 11.3 Å². The van der Waals surface area contributed by atoms with Crippen molar-refractivity contribution < 1.29 is 4.92 Å². The molecule has 0 radical (unpaired) electrons. The molecular formula is C12H13BrN4O2. The Morgan fingerprint density at radius 1 is 1.53 bits per heavy atom. The molecule has 0 saturated carbocycles. The van der Waals surface area contributed by atoms with Crippen molar-refractivity contribution in [3.63, 3.8) is 0 Å². The number of rotatable bonds is 5. The minimum Gasteiger partial charge on any atom is -0.384 e. The molecule has 6 nitrogen and oxygen atoms in total. The van der Waals surface area contributed by atoms with Crippen LogP contribution in [0.3, 0.4) is 0 Å². The summed E-state index contributed by atoms with van der Waals surface area (Å²) in [6, 6.07) is 3.29. The fourth-order valence-corrected chi connectivity index (χ4v) is 2.23. The van der Waals surface area contributed by atoms with Crippen LogP contribution in [-0.4, -0.2) is 21.4 Å². The predicted octanol–water partition coefficient (Wildman–Crippen LogP) is 3.04. The summed E-state index contributed by atoms with van der Waals surface area (Å²) >= 11 is 3.34. The van der Waals surface area contributed by atoms with Crippen LogP contribution in [0.1, 0.15) is 11.3 Å². The maximum Gasteiger partial charge on any atom is 0.273 e. The number of aromatic amines is 1. The van der Waals surface area contributed by atoms with E-state index in [-0.39, 0.29) is 10.6 Å². The quantitative estimate of drug-likeness (QED) is 0.654. The minimum atomic E-state index is -0.380. The lowest BCUT2D eigenvalue weighted by molar-refractivity contribution is -0.385. The molecule has 2 rings (SSSR count). The molecule has 100 valence electrons. The van der Waals surface area contributed by atoms with Crippen molar-refractivity contribution in [3.05, 3.63) is 50.5 Å². The molecule has 0 aliphatic heterocycles. The van der Waals surface area contributed by atoms with E-state index in [2.05, 4.69) is 31.2 Å². The molecule has 0 saturated heterocycles. The Morgan fingerprint density at radius 3 is 2.95 bits per heavy atom. The van der Waals surface area contributed by atoms with Gasteiger partial charge >= 0.3 is 0 Å². The normalized spacial score (nSPS) is 10.4. The highest BCUT2D eigenvalue weighted by atomic mass is 79.9. The number of nitrogens with one attached hydrogen (secondary N) is 2. The predicted molar refractivity (Wildman–Crippen MR) is 76.3 cm³/mol. The third kappa shape index (κ3) is 3.31. The smallest absolute Gasteiger partial charge is 0.273 e. The molecule has 1 heterocycles. The number of nitrogens with zero attached hydrogens (tertiary/aromatic N) is 2. The SMILES string of the molecule is Cc1cc(NCCc2cnc[nH]2)c(Br)cc1[N+](=O)[O-]. The number of anilines is 1. The molecule has 7 heteroatoms. The molecule has 1 aromatic heterocycles. The van der Waals surface area contributed by atoms with Crippen LogP contribution in [0, 0.1) is 17.0 Å². The van der Waals surface area contributed by atoms with Gasteiger partial charge in [0.2, 0.25) is 0 Å². The van der Waals surface area contributed by atoms with Gasteiger partial charge < -0.3 is 10.3 Å². The van der Waals surface area contributed by atoms with Crippen LogP contribution in [0.15, 0.2) is 29.1 Å². The summed E-state index contributed by atoms with van der Waals surface area (Å²) in [6.07, 6.45) is 4.22. The highest BCUT2D eigenvalue weighted by Gasteiger charge is 2.13. The number of imidazole rings is 1. The zero-order valence-corrected chi connectivity index (χ0v) is 11.9. The lowest BCUT2D eigenvalue weighted by Gasteiger charge is -2.09. The summed E-state index contributed by atoms with van der Waals surface area (Å²) in [6.45, 7) is 2.45. The molecule has 19 heavy (non-hydrogen) atoms. The summed E-state index contributed by atoms with van der Waals surface area (Å²) in [5.74, 6) is 0. The maximum atomic E-state index is 10.8. The van der Waals surface area contributed by atoms with Crippen molar-refractivity contribution in [1.82, 2.24) is 9.97 Å². The van der Waals surface area contributed by atoms with Gasteiger partial charge in [0.25, 0.3) is 5.69 Å². The monoisotopic (exact) mass is 324 g/mol. The third-order valence-corrected chi connectivity index (χ3v) is 3.40. The summed E-state index contributed by atoms with van der Waals surface area (Å²) in [5.41, 5.74) is 2.65. The number of benzene rings is 1. The highest BCUT2D eigenvalue weighted by molar-refractivity contribution is 9.10. The number of hydrogen-bond donors (Lipinski definition) is 2. The molecule has 0 unspecified atom stereocenters. The molecule has 0 aliphatic rings. The van der Waals surface area contributed by atoms with Gasteiger partial charge in [-0.25, -0.2) is 4.98 Å². The van der Waals surface area contributed by atoms with Gasteiger partial charge in [-0.15, -0.1) is 0 Å². The van der Waals surface area contributed by atoms with Gasteiger partial charge in [-0.2, -0.15) is 0 Å². The number of halogens is 1. The van der Waals surface area contributed by atoms with Crippen molar-refractivity contribution in [2.75, 3.05) is 11.9 Å². The van der Waals surface area contributed by atoms with E-state index in [1.54, 1.807) is 25.5 Å². The summed E-state index contributed by atoms with van der Waals surface area (Å²) < 4.78 is 0.689. The first-order chi connectivity index (χ1) is 9.08. The van der Waals surface area contributed by atoms with E-state index in [0.29, 0.717) is 10.0 Å². The van der Waals surface area contributed by atoms with E-state index < -0.39 is 0 Å². The molecule has 0 bridgehead atoms. The summed E-state index contributed by atoms with van der Waals surface area (Å²) in [7, 11) is 0. The number of H-pyrrole nitrogens is 1. The van der Waals surface area contributed by atoms with Crippen molar-refractivity contribution in [1.29, 1.82) is 0 Å². The number of nitro groups is 1. The van der Waals surface area contributed by atoms with Crippen LogP contribution >= 0.6 is 15.9 Å². The number of aromatic nitrogens is 2. The molecule has 2 aromatic rings. The van der Waals surface area contributed by atoms with E-state index in [0.717, 1.165) is 24.3 Å². The molecule has 0 spiro atoms. The average molecular weight is 325 g/mol. The summed E-state index contributed by atoms with van der Waals surface area (Å²) in [5, 5.41) is 14.0. The van der Waals surface area contributed by atoms with Gasteiger partial charge in [0.1, 0.15) is 0 Å². The zero-order chi connectivity index (χ0) is 13.8. The van der Waals surface area contributed by atoms with Gasteiger partial charge in [-0.1, -0.05) is 0 Å². The Bertz CT molecular complexity index is 584. The van der Waals surface area contributed by atoms with E-state index in [1.165, 1.54) is 6.07 Å². The topological polar surface area (TPSA) is 83.8 Å². The number of nitro benzene ring substituents is 1. The zero-order valence-electron chi connectivity index (χ0n) is 10.3. The van der Waals surface area contributed by atoms with Crippen LogP contribution in [0.2, 0.25) is 0 Å². The second kappa shape index (κ2) is 5.83. The standard InChI is InChI=1S/C12H13BrN4O2/c1-8-4-11(10(13)5-12(8)17(18)19)15-3-2-9-6-14-7-16-9/h4-7,15H,2-3H2,1H3,(H,14,16). The van der Waals surface area contributed by atoms with Crippen LogP contribution in [-0.2, 0) is 6.42 Å². The number of hydrogen-bond acceptors (Lipinski definition) is 4. The van der Waals surface area contributed by atoms with E-state index in [9.17, 15) is 10.1 Å². The first-order valence-electron chi connectivity index (χ1n) is 5.73. The molecule has 0 atom stereocenters. The Kier molecular flexibility index (Phi) is 4.16. The Morgan fingerprint density at radius 2 is 2.32 bits per heavy atom. The fourth-order valence-electron chi connectivity index (χ4n) is 1.76. The second-order valence-corrected chi connectivity index (χ2v) is 4.98. The molecule has 2 N–H and O–H groups in total. The maximum absolute atomic E-state index is 10.8. The van der Waals surface area contributed by atoms with Gasteiger partial charge in [-0.3, -0.25) is 10.1 Å². The first kappa shape index (κ1) is 13.5. The lowest BCUT2D eigenvalue weighted by atomic mass is 10.2. The average Bonchev–Trinajstić information content (AvgIpc) is 2.85. The fraction of sp³-hybridized carbons (Fsp3) is 0.250. The summed E-state index contributed by atoms with van der Waals surface area (Å²) in [4.78, 5) is 17.4. The molecule has 0 fully saturated rings. The van der Waals surface area contributed by atoms with E-state index in [1.807, 2.05) is 0 Å². The highest BCUT2D eigenvalue weighted by Crippen LogP contribution is 2.30. The minimum absolute atomic E-state index is 0.117. The molecule has 0 amide bonds. The number of aryl methyl sites for hydroxylation is 1. The van der Waals surface area contributed by atoms with Crippen molar-refractivity contribution in [2.24, 2.45) is 0 Å². The van der Waals surface area contributed by atoms with Crippen molar-refractivity contribution in [3.8, 4) is 0 Å². The van der Waals surface area contributed by atoms with Crippen LogP contribution < -0.4 is 5.32 Å². The Hall–Kier alpha value is -1.89. The Balaban J connectivity index is 2.04. The van der Waals surface area contributed by atoms with Crippen LogP contribution in [0.5, 0.6) is 0 Å². The lowest BCUT2D eigenvalue weighted by Crippen LogP contribution is -2.06. The second-order valence-electron chi connectivity index (χ2n) is 4.13. The van der Waals surface area contributed by atoms with E-state index in [4.69, 9.17) is 0 Å².